The number of nitriles is 1. The van der Waals surface area contributed by atoms with Gasteiger partial charge in [-0.3, -0.25) is 13.9 Å². The van der Waals surface area contributed by atoms with Crippen molar-refractivity contribution >= 4 is 16.9 Å². The smallest absolute Gasteiger partial charge is 0.351 e. The molecule has 0 radical (unpaired) electrons. The molecule has 0 amide bonds. The molecular formula is C29H30F3N5O3. The van der Waals surface area contributed by atoms with Gasteiger partial charge in [0.2, 0.25) is 0 Å². The number of fused-ring (bicyclic) bond motifs is 8. The quantitative estimate of drug-likeness (QED) is 0.434. The molecule has 1 fully saturated rings. The van der Waals surface area contributed by atoms with E-state index in [0.29, 0.717) is 55.2 Å². The molecular weight excluding hydrogens is 523 g/mol. The first-order valence-corrected chi connectivity index (χ1v) is 13.3. The Labute approximate surface area is 228 Å². The van der Waals surface area contributed by atoms with Crippen LogP contribution in [0.25, 0.3) is 11.0 Å². The number of hydrogen-bond donors (Lipinski definition) is 1. The Morgan fingerprint density at radius 1 is 1.18 bits per heavy atom. The number of halogens is 3. The number of benzene rings is 1. The second-order valence-corrected chi connectivity index (χ2v) is 10.5. The van der Waals surface area contributed by atoms with Crippen molar-refractivity contribution in [2.45, 2.75) is 63.0 Å². The van der Waals surface area contributed by atoms with E-state index >= 15 is 4.39 Å². The highest BCUT2D eigenvalue weighted by atomic mass is 19.3. The molecule has 1 aromatic carbocycles. The average Bonchev–Trinajstić information content (AvgIpc) is 3.71. The topological polar surface area (TPSA) is 102 Å². The van der Waals surface area contributed by atoms with Crippen molar-refractivity contribution in [3.05, 3.63) is 79.8 Å². The molecule has 0 spiro atoms. The number of nitrogens with one attached hydrogen (secondary N) is 1. The van der Waals surface area contributed by atoms with Crippen molar-refractivity contribution < 1.29 is 17.9 Å². The number of hydrogen-bond acceptors (Lipinski definition) is 6. The lowest BCUT2D eigenvalue weighted by Crippen LogP contribution is -2.33. The predicted molar refractivity (Wildman–Crippen MR) is 144 cm³/mol. The normalized spacial score (nSPS) is 21.4. The minimum Gasteiger partial charge on any atom is -0.371 e. The van der Waals surface area contributed by atoms with E-state index < -0.39 is 41.1 Å². The van der Waals surface area contributed by atoms with Gasteiger partial charge in [0.05, 0.1) is 35.1 Å². The lowest BCUT2D eigenvalue weighted by atomic mass is 9.97. The van der Waals surface area contributed by atoms with E-state index in [0.717, 1.165) is 6.07 Å². The number of anilines is 1. The van der Waals surface area contributed by atoms with Crippen LogP contribution in [0.5, 0.6) is 0 Å². The molecule has 3 heterocycles. The number of aromatic nitrogens is 3. The van der Waals surface area contributed by atoms with E-state index in [2.05, 4.69) is 16.4 Å². The summed E-state index contributed by atoms with van der Waals surface area (Å²) in [5, 5.41) is 13.2. The second-order valence-electron chi connectivity index (χ2n) is 10.5. The molecule has 4 bridgehead atoms. The summed E-state index contributed by atoms with van der Waals surface area (Å²) in [4.78, 5) is 30.9. The molecule has 0 saturated heterocycles. The summed E-state index contributed by atoms with van der Waals surface area (Å²) >= 11 is 0. The van der Waals surface area contributed by atoms with Crippen LogP contribution in [0.15, 0.2) is 46.0 Å². The Morgan fingerprint density at radius 3 is 2.67 bits per heavy atom. The molecule has 1 N–H and O–H groups in total. The van der Waals surface area contributed by atoms with Crippen LogP contribution in [-0.2, 0) is 29.7 Å². The summed E-state index contributed by atoms with van der Waals surface area (Å²) in [5.41, 5.74) is -2.08. The fourth-order valence-corrected chi connectivity index (χ4v) is 5.26. The summed E-state index contributed by atoms with van der Waals surface area (Å²) in [6.45, 7) is 0.852. The van der Waals surface area contributed by atoms with Gasteiger partial charge in [-0.1, -0.05) is 24.3 Å². The monoisotopic (exact) mass is 553 g/mol. The molecule has 1 atom stereocenters. The number of pyridine rings is 1. The fourth-order valence-electron chi connectivity index (χ4n) is 5.26. The summed E-state index contributed by atoms with van der Waals surface area (Å²) in [6.07, 6.45) is 6.44. The van der Waals surface area contributed by atoms with Crippen LogP contribution in [0.3, 0.4) is 0 Å². The SMILES string of the molecule is C[C@H]1Nc2nc(=O)n(c3c2cc(C2(C#N)CC2)c(=O)n3C)CCCC/C=C\COCC(F)(F)c2cccc1c2F. The number of nitrogens with zero attached hydrogens (tertiary/aromatic N) is 4. The molecule has 40 heavy (non-hydrogen) atoms. The van der Waals surface area contributed by atoms with Crippen LogP contribution in [0.2, 0.25) is 0 Å². The van der Waals surface area contributed by atoms with E-state index in [1.54, 1.807) is 32.2 Å². The lowest BCUT2D eigenvalue weighted by Gasteiger charge is -2.23. The summed E-state index contributed by atoms with van der Waals surface area (Å²) < 4.78 is 53.3. The third kappa shape index (κ3) is 4.92. The molecule has 1 saturated carbocycles. The van der Waals surface area contributed by atoms with Crippen LogP contribution >= 0.6 is 0 Å². The van der Waals surface area contributed by atoms with Crippen molar-refractivity contribution in [2.24, 2.45) is 7.05 Å². The van der Waals surface area contributed by atoms with Crippen molar-refractivity contribution in [3.8, 4) is 6.07 Å². The first kappa shape index (κ1) is 27.6. The number of rotatable bonds is 1. The van der Waals surface area contributed by atoms with Crippen LogP contribution in [0.4, 0.5) is 19.0 Å². The molecule has 3 aromatic rings. The number of allylic oxidation sites excluding steroid dienone is 1. The first-order valence-electron chi connectivity index (χ1n) is 13.3. The second kappa shape index (κ2) is 10.6. The average molecular weight is 554 g/mol. The Hall–Kier alpha value is -3.91. The largest absolute Gasteiger partial charge is 0.371 e. The predicted octanol–water partition coefficient (Wildman–Crippen LogP) is 4.81. The zero-order valence-electron chi connectivity index (χ0n) is 22.3. The Bertz CT molecular complexity index is 1650. The molecule has 5 rings (SSSR count). The van der Waals surface area contributed by atoms with E-state index in [1.807, 2.05) is 0 Å². The minimum absolute atomic E-state index is 0.0430. The molecule has 210 valence electrons. The van der Waals surface area contributed by atoms with Gasteiger partial charge in [0.1, 0.15) is 23.9 Å². The van der Waals surface area contributed by atoms with Gasteiger partial charge in [0.15, 0.2) is 0 Å². The Balaban J connectivity index is 1.70. The Morgan fingerprint density at radius 2 is 1.95 bits per heavy atom. The molecule has 1 aliphatic carbocycles. The molecule has 0 unspecified atom stereocenters. The van der Waals surface area contributed by atoms with Gasteiger partial charge in [-0.2, -0.15) is 19.0 Å². The third-order valence-electron chi connectivity index (χ3n) is 7.72. The van der Waals surface area contributed by atoms with Gasteiger partial charge < -0.3 is 10.1 Å². The van der Waals surface area contributed by atoms with Crippen molar-refractivity contribution in [2.75, 3.05) is 18.5 Å². The van der Waals surface area contributed by atoms with Gasteiger partial charge >= 0.3 is 5.69 Å². The maximum Gasteiger partial charge on any atom is 0.351 e. The van der Waals surface area contributed by atoms with Gasteiger partial charge in [-0.15, -0.1) is 0 Å². The first-order chi connectivity index (χ1) is 19.1. The molecule has 11 heteroatoms. The van der Waals surface area contributed by atoms with Gasteiger partial charge in [-0.05, 0) is 51.2 Å². The summed E-state index contributed by atoms with van der Waals surface area (Å²) in [5.74, 6) is -4.57. The van der Waals surface area contributed by atoms with Gasteiger partial charge in [0.25, 0.3) is 11.5 Å². The molecule has 1 aliphatic heterocycles. The maximum absolute atomic E-state index is 15.5. The van der Waals surface area contributed by atoms with Crippen molar-refractivity contribution in [1.82, 2.24) is 14.1 Å². The van der Waals surface area contributed by atoms with E-state index in [9.17, 15) is 23.6 Å². The number of alkyl halides is 2. The summed E-state index contributed by atoms with van der Waals surface area (Å²) in [6, 6.07) is 6.72. The highest BCUT2D eigenvalue weighted by Gasteiger charge is 2.47. The number of aryl methyl sites for hydroxylation is 2. The van der Waals surface area contributed by atoms with E-state index in [-0.39, 0.29) is 23.5 Å². The maximum atomic E-state index is 15.5. The zero-order valence-corrected chi connectivity index (χ0v) is 22.3. The highest BCUT2D eigenvalue weighted by molar-refractivity contribution is 5.88. The van der Waals surface area contributed by atoms with Crippen LogP contribution in [-0.4, -0.2) is 27.3 Å². The van der Waals surface area contributed by atoms with Crippen molar-refractivity contribution in [3.63, 3.8) is 0 Å². The molecule has 8 nitrogen and oxygen atoms in total. The lowest BCUT2D eigenvalue weighted by molar-refractivity contribution is -0.0795. The van der Waals surface area contributed by atoms with Gasteiger partial charge in [0, 0.05) is 24.7 Å². The standard InChI is InChI=1S/C29H30F3N5O3/c1-18-19-9-8-10-21(23(19)30)29(31,32)17-40-14-7-5-3-4-6-13-37-25-20(24(34-18)35-27(37)39)15-22(26(38)36(25)2)28(16-33)11-12-28/h5,7-10,15,18H,3-4,6,11-14,17H2,1-2H3,(H,34,35,39)/b7-5-/t18-/m1/s1. The summed E-state index contributed by atoms with van der Waals surface area (Å²) in [7, 11) is 1.55. The van der Waals surface area contributed by atoms with E-state index in [4.69, 9.17) is 4.74 Å². The van der Waals surface area contributed by atoms with Crippen LogP contribution in [0.1, 0.15) is 61.8 Å². The molecule has 2 aliphatic rings. The Kier molecular flexibility index (Phi) is 7.31. The van der Waals surface area contributed by atoms with Crippen LogP contribution in [0, 0.1) is 17.1 Å². The zero-order chi connectivity index (χ0) is 28.7. The fraction of sp³-hybridized carbons (Fsp3) is 0.448. The number of ether oxygens (including phenoxy) is 1. The van der Waals surface area contributed by atoms with Gasteiger partial charge in [-0.25, -0.2) is 9.18 Å². The van der Waals surface area contributed by atoms with Crippen LogP contribution < -0.4 is 16.6 Å². The third-order valence-corrected chi connectivity index (χ3v) is 7.72. The van der Waals surface area contributed by atoms with Crippen molar-refractivity contribution in [1.29, 1.82) is 5.26 Å². The molecule has 2 aromatic heterocycles. The minimum atomic E-state index is -3.56. The highest BCUT2D eigenvalue weighted by Crippen LogP contribution is 2.47. The van der Waals surface area contributed by atoms with E-state index in [1.165, 1.54) is 21.3 Å².